The van der Waals surface area contributed by atoms with Crippen molar-refractivity contribution in [2.24, 2.45) is 0 Å². The zero-order chi connectivity index (χ0) is 54.7. The number of hydrogen-bond acceptors (Lipinski definition) is 4. The van der Waals surface area contributed by atoms with Crippen molar-refractivity contribution < 1.29 is 0 Å². The van der Waals surface area contributed by atoms with Crippen molar-refractivity contribution in [3.8, 4) is 45.8 Å². The average Bonchev–Trinajstić information content (AvgIpc) is 2.19. The molecule has 0 aliphatic carbocycles. The molecule has 0 saturated heterocycles. The van der Waals surface area contributed by atoms with E-state index >= 15 is 0 Å². The largest absolute Gasteiger partial charge is 0.316 e. The maximum Gasteiger partial charge on any atom is 0.241 e. The van der Waals surface area contributed by atoms with Crippen molar-refractivity contribution in [2.75, 3.05) is 4.90 Å². The van der Waals surface area contributed by atoms with Gasteiger partial charge in [-0.1, -0.05) is 207 Å². The van der Waals surface area contributed by atoms with Gasteiger partial charge in [0.05, 0.1) is 49.8 Å². The Morgan fingerprint density at radius 1 is 0.277 bits per heavy atom. The van der Waals surface area contributed by atoms with E-state index < -0.39 is 0 Å². The van der Waals surface area contributed by atoms with Crippen molar-refractivity contribution in [3.05, 3.63) is 291 Å². The lowest BCUT2D eigenvalue weighted by Crippen LogP contribution is -2.14. The second-order valence-corrected chi connectivity index (χ2v) is 21.4. The van der Waals surface area contributed by atoms with Crippen LogP contribution in [0.1, 0.15) is 5.56 Å². The molecule has 1 aliphatic heterocycles. The summed E-state index contributed by atoms with van der Waals surface area (Å²) in [5.74, 6) is 1.48. The van der Waals surface area contributed by atoms with Gasteiger partial charge in [0.15, 0.2) is 0 Å². The molecule has 1 aliphatic rings. The summed E-state index contributed by atoms with van der Waals surface area (Å²) < 4.78 is 9.09. The fourth-order valence-corrected chi connectivity index (χ4v) is 13.0. The van der Waals surface area contributed by atoms with Crippen LogP contribution in [0.4, 0.5) is 11.4 Å². The maximum absolute atomic E-state index is 5.72. The first kappa shape index (κ1) is 46.6. The number of benzene rings is 11. The van der Waals surface area contributed by atoms with E-state index in [0.29, 0.717) is 17.8 Å². The summed E-state index contributed by atoms with van der Waals surface area (Å²) in [6.07, 6.45) is 8.39. The molecule has 0 amide bonds. The molecular formula is C75H48N8. The Bertz CT molecular complexity index is 5180. The molecule has 0 unspecified atom stereocenters. The summed E-state index contributed by atoms with van der Waals surface area (Å²) in [5, 5.41) is 8.95. The lowest BCUT2D eigenvalue weighted by atomic mass is 9.97. The minimum atomic E-state index is 0.475. The number of aromatic nitrogens is 7. The van der Waals surface area contributed by atoms with Crippen molar-refractivity contribution in [1.82, 2.24) is 33.2 Å². The number of hydrogen-bond donors (Lipinski definition) is 0. The summed E-state index contributed by atoms with van der Waals surface area (Å²) >= 11 is 0. The summed E-state index contributed by atoms with van der Waals surface area (Å²) in [6.45, 7) is 4.56. The standard InChI is InChI=1S/C75H48N8/c1-48-20-18-19-43-79(69-44-51(35-39-55(48)69)49-21-4-2-5-22-49)53-37-41-62-63-42-38-54(80-64-30-13-8-29-60(64)61-40-36-52(45-70(61)80)50-23-6-3-7-24-50)47-72(63)83(71(62)46-53)75-77-73(81-65-31-14-9-25-56(65)57-26-10-15-32-66(57)81)76-74(78-75)82-67-33-16-11-27-58(67)59-28-12-17-34-68(59)82/h2-47H,1H2/b20-18-,43-19-. The molecule has 0 spiro atoms. The summed E-state index contributed by atoms with van der Waals surface area (Å²) in [6, 6.07) is 91.2. The van der Waals surface area contributed by atoms with E-state index in [1.807, 2.05) is 0 Å². The molecule has 11 aromatic carbocycles. The SMILES string of the molecule is C=C1/C=C\C=C/N(c2ccc3c4ccc(-n5c6ccccc6c6ccc(-c7ccccc7)cc65)cc4n(-c4nc(-n5c6ccccc6c6ccccc65)nc(-n5c6ccccc6c6ccccc65)n4)c3c2)c2cc(-c3ccccc3)ccc21. The van der Waals surface area contributed by atoms with E-state index in [9.17, 15) is 0 Å². The topological polar surface area (TPSA) is 61.6 Å². The van der Waals surface area contributed by atoms with Gasteiger partial charge in [-0.3, -0.25) is 13.7 Å². The van der Waals surface area contributed by atoms with Crippen molar-refractivity contribution >= 4 is 104 Å². The first-order valence-electron chi connectivity index (χ1n) is 28.0. The van der Waals surface area contributed by atoms with Crippen LogP contribution >= 0.6 is 0 Å². The Kier molecular flexibility index (Phi) is 10.3. The van der Waals surface area contributed by atoms with Gasteiger partial charge in [-0.2, -0.15) is 15.0 Å². The molecule has 16 aromatic rings. The highest BCUT2D eigenvalue weighted by molar-refractivity contribution is 6.14. The van der Waals surface area contributed by atoms with Gasteiger partial charge in [0, 0.05) is 66.2 Å². The van der Waals surface area contributed by atoms with Crippen LogP contribution in [-0.2, 0) is 0 Å². The third-order valence-electron chi connectivity index (χ3n) is 16.8. The molecule has 0 radical (unpaired) electrons. The second kappa shape index (κ2) is 18.4. The molecule has 0 N–H and O–H groups in total. The zero-order valence-corrected chi connectivity index (χ0v) is 44.8. The Balaban J connectivity index is 0.986. The third-order valence-corrected chi connectivity index (χ3v) is 16.8. The van der Waals surface area contributed by atoms with Gasteiger partial charge in [-0.15, -0.1) is 0 Å². The summed E-state index contributed by atoms with van der Waals surface area (Å²) in [5.41, 5.74) is 17.6. The lowest BCUT2D eigenvalue weighted by molar-refractivity contribution is 0.848. The van der Waals surface area contributed by atoms with Crippen LogP contribution in [0.5, 0.6) is 0 Å². The molecule has 17 rings (SSSR count). The Hall–Kier alpha value is -11.4. The van der Waals surface area contributed by atoms with E-state index in [1.165, 1.54) is 16.3 Å². The van der Waals surface area contributed by atoms with Gasteiger partial charge in [0.2, 0.25) is 17.8 Å². The van der Waals surface area contributed by atoms with Gasteiger partial charge in [0.1, 0.15) is 0 Å². The zero-order valence-electron chi connectivity index (χ0n) is 44.8. The third kappa shape index (κ3) is 7.23. The number of fused-ring (bicyclic) bond motifs is 13. The van der Waals surface area contributed by atoms with Crippen LogP contribution in [0.3, 0.4) is 0 Å². The molecule has 388 valence electrons. The fourth-order valence-electron chi connectivity index (χ4n) is 13.0. The molecule has 8 heteroatoms. The summed E-state index contributed by atoms with van der Waals surface area (Å²) in [7, 11) is 0. The number of rotatable bonds is 7. The van der Waals surface area contributed by atoms with Crippen LogP contribution in [0.2, 0.25) is 0 Å². The molecule has 0 fully saturated rings. The highest BCUT2D eigenvalue weighted by atomic mass is 15.3. The number of anilines is 2. The molecule has 83 heavy (non-hydrogen) atoms. The summed E-state index contributed by atoms with van der Waals surface area (Å²) in [4.78, 5) is 19.3. The van der Waals surface area contributed by atoms with Crippen LogP contribution in [0.25, 0.3) is 139 Å². The molecule has 0 atom stereocenters. The van der Waals surface area contributed by atoms with Crippen molar-refractivity contribution in [2.45, 2.75) is 0 Å². The first-order valence-corrected chi connectivity index (χ1v) is 28.0. The van der Waals surface area contributed by atoms with E-state index in [4.69, 9.17) is 15.0 Å². The van der Waals surface area contributed by atoms with E-state index in [2.05, 4.69) is 309 Å². The van der Waals surface area contributed by atoms with Gasteiger partial charge >= 0.3 is 0 Å². The van der Waals surface area contributed by atoms with Crippen molar-refractivity contribution in [1.29, 1.82) is 0 Å². The van der Waals surface area contributed by atoms with E-state index in [-0.39, 0.29) is 0 Å². The van der Waals surface area contributed by atoms with Gasteiger partial charge in [-0.25, -0.2) is 0 Å². The molecule has 0 saturated carbocycles. The predicted molar refractivity (Wildman–Crippen MR) is 344 cm³/mol. The Morgan fingerprint density at radius 3 is 1.16 bits per heavy atom. The first-order chi connectivity index (χ1) is 41.1. The maximum atomic E-state index is 5.72. The average molecular weight is 1060 g/mol. The fraction of sp³-hybridized carbons (Fsp3) is 0. The Labute approximate surface area is 476 Å². The van der Waals surface area contributed by atoms with Gasteiger partial charge in [0.25, 0.3) is 0 Å². The van der Waals surface area contributed by atoms with Crippen LogP contribution in [0.15, 0.2) is 286 Å². The minimum absolute atomic E-state index is 0.475. The highest BCUT2D eigenvalue weighted by Crippen LogP contribution is 2.43. The number of para-hydroxylation sites is 5. The minimum Gasteiger partial charge on any atom is -0.316 e. The van der Waals surface area contributed by atoms with Gasteiger partial charge in [-0.05, 0) is 101 Å². The monoisotopic (exact) mass is 1060 g/mol. The quantitative estimate of drug-likeness (QED) is 0.160. The normalized spacial score (nSPS) is 13.5. The Morgan fingerprint density at radius 2 is 0.651 bits per heavy atom. The van der Waals surface area contributed by atoms with E-state index in [1.54, 1.807) is 0 Å². The van der Waals surface area contributed by atoms with Crippen molar-refractivity contribution in [3.63, 3.8) is 0 Å². The molecule has 0 bridgehead atoms. The van der Waals surface area contributed by atoms with Gasteiger partial charge < -0.3 is 9.47 Å². The molecule has 5 aromatic heterocycles. The smallest absolute Gasteiger partial charge is 0.241 e. The lowest BCUT2D eigenvalue weighted by Gasteiger charge is -2.26. The molecular weight excluding hydrogens is 1010 g/mol. The number of nitrogens with zero attached hydrogens (tertiary/aromatic N) is 8. The highest BCUT2D eigenvalue weighted by Gasteiger charge is 2.25. The second-order valence-electron chi connectivity index (χ2n) is 21.4. The molecule has 6 heterocycles. The van der Waals surface area contributed by atoms with Crippen LogP contribution in [-0.4, -0.2) is 33.2 Å². The van der Waals surface area contributed by atoms with Crippen LogP contribution < -0.4 is 4.90 Å². The van der Waals surface area contributed by atoms with E-state index in [0.717, 1.165) is 121 Å². The molecule has 8 nitrogen and oxygen atoms in total. The number of allylic oxidation sites excluding steroid dienone is 4. The van der Waals surface area contributed by atoms with Crippen LogP contribution in [0, 0.1) is 0 Å². The predicted octanol–water partition coefficient (Wildman–Crippen LogP) is 18.8.